The van der Waals surface area contributed by atoms with E-state index in [9.17, 15) is 0 Å². The van der Waals surface area contributed by atoms with Crippen molar-refractivity contribution in [2.24, 2.45) is 0 Å². The van der Waals surface area contributed by atoms with Crippen LogP contribution in [0.2, 0.25) is 0 Å². The Morgan fingerprint density at radius 2 is 1.45 bits per heavy atom. The zero-order valence-electron chi connectivity index (χ0n) is 13.2. The second kappa shape index (κ2) is 12.5. The first-order valence-corrected chi connectivity index (χ1v) is 8.07. The van der Waals surface area contributed by atoms with Gasteiger partial charge in [-0.3, -0.25) is 4.90 Å². The molecule has 0 aliphatic carbocycles. The molecular weight excluding hydrogens is 256 g/mol. The first-order valence-electron chi connectivity index (χ1n) is 8.07. The van der Waals surface area contributed by atoms with Gasteiger partial charge < -0.3 is 19.5 Å². The van der Waals surface area contributed by atoms with Crippen molar-refractivity contribution in [3.05, 3.63) is 0 Å². The maximum atomic E-state index is 5.96. The number of hydrogen-bond acceptors (Lipinski definition) is 5. The topological polar surface area (TPSA) is 43.0 Å². The summed E-state index contributed by atoms with van der Waals surface area (Å²) in [5, 5.41) is 3.36. The molecule has 1 N–H and O–H groups in total. The van der Waals surface area contributed by atoms with Crippen LogP contribution in [0.15, 0.2) is 0 Å². The summed E-state index contributed by atoms with van der Waals surface area (Å²) in [6.07, 6.45) is 2.72. The molecule has 0 atom stereocenters. The molecule has 20 heavy (non-hydrogen) atoms. The lowest BCUT2D eigenvalue weighted by molar-refractivity contribution is 0.0105. The van der Waals surface area contributed by atoms with Gasteiger partial charge >= 0.3 is 0 Å². The van der Waals surface area contributed by atoms with Crippen LogP contribution < -0.4 is 5.32 Å². The van der Waals surface area contributed by atoms with Crippen LogP contribution in [-0.4, -0.2) is 76.8 Å². The average Bonchev–Trinajstić information content (AvgIpc) is 2.48. The van der Waals surface area contributed by atoms with Crippen molar-refractivity contribution in [2.75, 3.05) is 65.8 Å². The van der Waals surface area contributed by atoms with Crippen molar-refractivity contribution in [1.29, 1.82) is 0 Å². The largest absolute Gasteiger partial charge is 0.380 e. The van der Waals surface area contributed by atoms with E-state index >= 15 is 0 Å². The molecule has 0 radical (unpaired) electrons. The Morgan fingerprint density at radius 3 is 2.00 bits per heavy atom. The van der Waals surface area contributed by atoms with Gasteiger partial charge in [0.05, 0.1) is 25.9 Å². The van der Waals surface area contributed by atoms with Crippen molar-refractivity contribution in [3.8, 4) is 0 Å². The molecule has 0 amide bonds. The minimum atomic E-state index is 0.442. The normalized spacial score (nSPS) is 16.9. The van der Waals surface area contributed by atoms with E-state index in [1.807, 2.05) is 13.8 Å². The SMILES string of the molecule is CCOCCN(CCOCC)CCOC1CCNCC1. The van der Waals surface area contributed by atoms with Crippen molar-refractivity contribution >= 4 is 0 Å². The zero-order chi connectivity index (χ0) is 14.5. The summed E-state index contributed by atoms with van der Waals surface area (Å²) in [5.41, 5.74) is 0. The predicted octanol–water partition coefficient (Wildman–Crippen LogP) is 1.13. The molecule has 0 aromatic rings. The number of ether oxygens (including phenoxy) is 3. The lowest BCUT2D eigenvalue weighted by atomic mass is 10.1. The van der Waals surface area contributed by atoms with Crippen LogP contribution in [0.1, 0.15) is 26.7 Å². The lowest BCUT2D eigenvalue weighted by Gasteiger charge is -2.26. The number of nitrogens with one attached hydrogen (secondary N) is 1. The monoisotopic (exact) mass is 288 g/mol. The third-order valence-electron chi connectivity index (χ3n) is 3.56. The summed E-state index contributed by atoms with van der Waals surface area (Å²) in [7, 11) is 0. The number of hydrogen-bond donors (Lipinski definition) is 1. The fourth-order valence-corrected chi connectivity index (χ4v) is 2.32. The summed E-state index contributed by atoms with van der Waals surface area (Å²) in [5.74, 6) is 0. The molecule has 1 aliphatic heterocycles. The maximum Gasteiger partial charge on any atom is 0.0600 e. The van der Waals surface area contributed by atoms with E-state index in [0.29, 0.717) is 6.10 Å². The van der Waals surface area contributed by atoms with Gasteiger partial charge in [-0.15, -0.1) is 0 Å². The summed E-state index contributed by atoms with van der Waals surface area (Å²) < 4.78 is 16.8. The van der Waals surface area contributed by atoms with Crippen molar-refractivity contribution < 1.29 is 14.2 Å². The molecule has 120 valence electrons. The van der Waals surface area contributed by atoms with E-state index in [-0.39, 0.29) is 0 Å². The zero-order valence-corrected chi connectivity index (χ0v) is 13.2. The van der Waals surface area contributed by atoms with Gasteiger partial charge in [0.25, 0.3) is 0 Å². The van der Waals surface area contributed by atoms with Gasteiger partial charge in [-0.2, -0.15) is 0 Å². The molecule has 0 unspecified atom stereocenters. The van der Waals surface area contributed by atoms with Crippen molar-refractivity contribution in [2.45, 2.75) is 32.8 Å². The molecule has 0 bridgehead atoms. The molecule has 1 heterocycles. The maximum absolute atomic E-state index is 5.96. The highest BCUT2D eigenvalue weighted by atomic mass is 16.5. The van der Waals surface area contributed by atoms with Gasteiger partial charge in [0.1, 0.15) is 0 Å². The van der Waals surface area contributed by atoms with Crippen LogP contribution in [-0.2, 0) is 14.2 Å². The second-order valence-electron chi connectivity index (χ2n) is 5.06. The predicted molar refractivity (Wildman–Crippen MR) is 81.3 cm³/mol. The standard InChI is InChI=1S/C15H32N2O3/c1-3-18-12-9-17(10-13-19-4-2)11-14-20-15-5-7-16-8-6-15/h15-16H,3-14H2,1-2H3. The van der Waals surface area contributed by atoms with Gasteiger partial charge in [0.15, 0.2) is 0 Å². The van der Waals surface area contributed by atoms with E-state index in [1.165, 1.54) is 0 Å². The van der Waals surface area contributed by atoms with Crippen LogP contribution in [0, 0.1) is 0 Å². The summed E-state index contributed by atoms with van der Waals surface area (Å²) >= 11 is 0. The highest BCUT2D eigenvalue weighted by molar-refractivity contribution is 4.68. The molecule has 0 saturated carbocycles. The molecule has 5 heteroatoms. The van der Waals surface area contributed by atoms with Crippen molar-refractivity contribution in [1.82, 2.24) is 10.2 Å². The van der Waals surface area contributed by atoms with Gasteiger partial charge in [-0.1, -0.05) is 0 Å². The van der Waals surface area contributed by atoms with Gasteiger partial charge in [-0.05, 0) is 39.8 Å². The molecular formula is C15H32N2O3. The first-order chi connectivity index (χ1) is 9.86. The number of rotatable bonds is 12. The highest BCUT2D eigenvalue weighted by Gasteiger charge is 2.13. The second-order valence-corrected chi connectivity index (χ2v) is 5.06. The van der Waals surface area contributed by atoms with Gasteiger partial charge in [0, 0.05) is 32.8 Å². The summed E-state index contributed by atoms with van der Waals surface area (Å²) in [4.78, 5) is 2.37. The Balaban J connectivity index is 2.12. The molecule has 1 aliphatic rings. The first kappa shape index (κ1) is 17.9. The molecule has 5 nitrogen and oxygen atoms in total. The minimum Gasteiger partial charge on any atom is -0.380 e. The van der Waals surface area contributed by atoms with Crippen LogP contribution in [0.25, 0.3) is 0 Å². The third-order valence-corrected chi connectivity index (χ3v) is 3.56. The van der Waals surface area contributed by atoms with Crippen LogP contribution in [0.5, 0.6) is 0 Å². The van der Waals surface area contributed by atoms with E-state index < -0.39 is 0 Å². The smallest absolute Gasteiger partial charge is 0.0600 e. The Kier molecular flexibility index (Phi) is 11.2. The lowest BCUT2D eigenvalue weighted by Crippen LogP contribution is -2.37. The van der Waals surface area contributed by atoms with Crippen LogP contribution in [0.3, 0.4) is 0 Å². The highest BCUT2D eigenvalue weighted by Crippen LogP contribution is 2.06. The summed E-state index contributed by atoms with van der Waals surface area (Å²) in [6, 6.07) is 0. The number of piperidine rings is 1. The Morgan fingerprint density at radius 1 is 0.900 bits per heavy atom. The Hall–Kier alpha value is -0.200. The van der Waals surface area contributed by atoms with E-state index in [1.54, 1.807) is 0 Å². The Labute approximate surface area is 123 Å². The molecule has 0 aromatic carbocycles. The fraction of sp³-hybridized carbons (Fsp3) is 1.00. The average molecular weight is 288 g/mol. The quantitative estimate of drug-likeness (QED) is 0.545. The molecule has 1 fully saturated rings. The third kappa shape index (κ3) is 8.87. The van der Waals surface area contributed by atoms with Crippen LogP contribution in [0.4, 0.5) is 0 Å². The van der Waals surface area contributed by atoms with E-state index in [0.717, 1.165) is 78.6 Å². The minimum absolute atomic E-state index is 0.442. The molecule has 1 rings (SSSR count). The van der Waals surface area contributed by atoms with Gasteiger partial charge in [0.2, 0.25) is 0 Å². The van der Waals surface area contributed by atoms with E-state index in [2.05, 4.69) is 10.2 Å². The number of nitrogens with zero attached hydrogens (tertiary/aromatic N) is 1. The Bertz CT molecular complexity index is 201. The van der Waals surface area contributed by atoms with Gasteiger partial charge in [-0.25, -0.2) is 0 Å². The fourth-order valence-electron chi connectivity index (χ4n) is 2.32. The molecule has 0 aromatic heterocycles. The molecule has 0 spiro atoms. The van der Waals surface area contributed by atoms with Crippen molar-refractivity contribution in [3.63, 3.8) is 0 Å². The summed E-state index contributed by atoms with van der Waals surface area (Å²) in [6.45, 7) is 13.1. The molecule has 1 saturated heterocycles. The van der Waals surface area contributed by atoms with Crippen LogP contribution >= 0.6 is 0 Å². The van der Waals surface area contributed by atoms with E-state index in [4.69, 9.17) is 14.2 Å².